The fraction of sp³-hybridized carbons (Fsp3) is 0.706. The Kier molecular flexibility index (Phi) is 4.17. The summed E-state index contributed by atoms with van der Waals surface area (Å²) in [6.07, 6.45) is 5.57. The van der Waals surface area contributed by atoms with Crippen molar-refractivity contribution < 1.29 is 9.53 Å². The molecule has 0 saturated heterocycles. The molecule has 0 aromatic carbocycles. The Morgan fingerprint density at radius 3 is 2.53 bits per heavy atom. The maximum Gasteiger partial charge on any atom is 0.303 e. The van der Waals surface area contributed by atoms with Crippen LogP contribution >= 0.6 is 0 Å². The van der Waals surface area contributed by atoms with Gasteiger partial charge in [-0.3, -0.25) is 4.79 Å². The van der Waals surface area contributed by atoms with E-state index >= 15 is 0 Å². The highest BCUT2D eigenvalue weighted by Gasteiger charge is 2.38. The van der Waals surface area contributed by atoms with Crippen LogP contribution in [0.15, 0.2) is 22.8 Å². The van der Waals surface area contributed by atoms with Gasteiger partial charge in [-0.25, -0.2) is 0 Å². The van der Waals surface area contributed by atoms with E-state index < -0.39 is 0 Å². The molecule has 1 fully saturated rings. The van der Waals surface area contributed by atoms with Crippen molar-refractivity contribution >= 4 is 5.97 Å². The monoisotopic (exact) mass is 262 g/mol. The number of carbonyl (C=O) groups excluding carboxylic acids is 1. The van der Waals surface area contributed by atoms with Crippen molar-refractivity contribution in [3.05, 3.63) is 22.8 Å². The first-order chi connectivity index (χ1) is 8.88. The molecule has 106 valence electrons. The second-order valence-corrected chi connectivity index (χ2v) is 6.55. The summed E-state index contributed by atoms with van der Waals surface area (Å²) in [6, 6.07) is 0. The first-order valence-corrected chi connectivity index (χ1v) is 7.39. The minimum absolute atomic E-state index is 0.0201. The van der Waals surface area contributed by atoms with Crippen LogP contribution < -0.4 is 0 Å². The predicted molar refractivity (Wildman–Crippen MR) is 77.7 cm³/mol. The van der Waals surface area contributed by atoms with E-state index in [1.54, 1.807) is 5.57 Å². The van der Waals surface area contributed by atoms with Gasteiger partial charge in [0.25, 0.3) is 0 Å². The molecule has 1 saturated carbocycles. The molecule has 4 atom stereocenters. The molecule has 2 heteroatoms. The van der Waals surface area contributed by atoms with Crippen LogP contribution in [0.25, 0.3) is 0 Å². The Balaban J connectivity index is 2.22. The predicted octanol–water partition coefficient (Wildman–Crippen LogP) is 4.27. The van der Waals surface area contributed by atoms with Gasteiger partial charge in [-0.15, -0.1) is 0 Å². The number of allylic oxidation sites excluding steroid dienone is 3. The van der Waals surface area contributed by atoms with Crippen molar-refractivity contribution in [2.75, 3.05) is 0 Å². The molecule has 0 amide bonds. The van der Waals surface area contributed by atoms with Crippen LogP contribution in [0.4, 0.5) is 0 Å². The first kappa shape index (κ1) is 14.4. The number of esters is 1. The minimum Gasteiger partial charge on any atom is -0.458 e. The average Bonchev–Trinajstić information content (AvgIpc) is 2.68. The Hall–Kier alpha value is -1.05. The molecule has 2 nitrogen and oxygen atoms in total. The van der Waals surface area contributed by atoms with E-state index in [1.165, 1.54) is 30.9 Å². The van der Waals surface area contributed by atoms with Crippen LogP contribution in [0.3, 0.4) is 0 Å². The molecule has 0 bridgehead atoms. The molecule has 4 unspecified atom stereocenters. The van der Waals surface area contributed by atoms with Gasteiger partial charge in [0.15, 0.2) is 0 Å². The maximum atomic E-state index is 11.2. The molecule has 0 aromatic heterocycles. The smallest absolute Gasteiger partial charge is 0.303 e. The topological polar surface area (TPSA) is 26.3 Å². The van der Waals surface area contributed by atoms with E-state index in [0.29, 0.717) is 11.8 Å². The summed E-state index contributed by atoms with van der Waals surface area (Å²) in [5.41, 5.74) is 4.54. The number of carbonyl (C=O) groups is 1. The Morgan fingerprint density at radius 1 is 1.26 bits per heavy atom. The van der Waals surface area contributed by atoms with Gasteiger partial charge in [0, 0.05) is 6.92 Å². The van der Waals surface area contributed by atoms with E-state index in [4.69, 9.17) is 4.74 Å². The number of fused-ring (bicyclic) bond motifs is 1. The lowest BCUT2D eigenvalue weighted by atomic mass is 9.82. The van der Waals surface area contributed by atoms with Gasteiger partial charge in [-0.1, -0.05) is 23.6 Å². The summed E-state index contributed by atoms with van der Waals surface area (Å²) in [5, 5.41) is 0. The fourth-order valence-electron chi connectivity index (χ4n) is 3.75. The van der Waals surface area contributed by atoms with Crippen molar-refractivity contribution in [2.24, 2.45) is 17.8 Å². The Bertz CT molecular complexity index is 427. The highest BCUT2D eigenvalue weighted by atomic mass is 16.5. The second kappa shape index (κ2) is 5.52. The highest BCUT2D eigenvalue weighted by Crippen LogP contribution is 2.48. The van der Waals surface area contributed by atoms with Gasteiger partial charge < -0.3 is 4.74 Å². The molecule has 19 heavy (non-hydrogen) atoms. The minimum atomic E-state index is -0.168. The zero-order chi connectivity index (χ0) is 14.2. The highest BCUT2D eigenvalue weighted by molar-refractivity contribution is 5.66. The molecule has 0 radical (unpaired) electrons. The Labute approximate surface area is 116 Å². The van der Waals surface area contributed by atoms with E-state index in [2.05, 4.69) is 33.8 Å². The average molecular weight is 262 g/mol. The standard InChI is InChI=1S/C17H26O2/c1-10(2)14-8-16-11(3)6-15(19-13(5)18)7-12(4)17(16)9-14/h6,12,15-17H,7-9H2,1-5H3. The summed E-state index contributed by atoms with van der Waals surface area (Å²) >= 11 is 0. The van der Waals surface area contributed by atoms with Crippen molar-refractivity contribution in [3.8, 4) is 0 Å². The lowest BCUT2D eigenvalue weighted by molar-refractivity contribution is -0.144. The molecule has 0 N–H and O–H groups in total. The van der Waals surface area contributed by atoms with E-state index in [-0.39, 0.29) is 12.1 Å². The summed E-state index contributed by atoms with van der Waals surface area (Å²) in [5.74, 6) is 1.82. The third-order valence-electron chi connectivity index (χ3n) is 4.86. The van der Waals surface area contributed by atoms with Gasteiger partial charge in [0.1, 0.15) is 6.10 Å². The van der Waals surface area contributed by atoms with Crippen molar-refractivity contribution in [3.63, 3.8) is 0 Å². The number of hydrogen-bond donors (Lipinski definition) is 0. The van der Waals surface area contributed by atoms with E-state index in [9.17, 15) is 4.79 Å². The SMILES string of the molecule is CC(=O)OC1C=C(C)C2CC(=C(C)C)CC2C(C)C1. The van der Waals surface area contributed by atoms with Crippen LogP contribution in [0, 0.1) is 17.8 Å². The van der Waals surface area contributed by atoms with E-state index in [0.717, 1.165) is 12.3 Å². The summed E-state index contributed by atoms with van der Waals surface area (Å²) < 4.78 is 5.42. The molecule has 2 rings (SSSR count). The number of ether oxygens (including phenoxy) is 1. The third kappa shape index (κ3) is 3.10. The van der Waals surface area contributed by atoms with Crippen molar-refractivity contribution in [1.29, 1.82) is 0 Å². The van der Waals surface area contributed by atoms with E-state index in [1.807, 2.05) is 0 Å². The zero-order valence-corrected chi connectivity index (χ0v) is 12.8. The van der Waals surface area contributed by atoms with Crippen LogP contribution in [-0.2, 0) is 9.53 Å². The molecule has 2 aliphatic carbocycles. The van der Waals surface area contributed by atoms with Crippen LogP contribution in [0.5, 0.6) is 0 Å². The largest absolute Gasteiger partial charge is 0.458 e. The molecular weight excluding hydrogens is 236 g/mol. The Morgan fingerprint density at radius 2 is 1.95 bits per heavy atom. The normalized spacial score (nSPS) is 34.4. The summed E-state index contributed by atoms with van der Waals surface area (Å²) in [7, 11) is 0. The van der Waals surface area contributed by atoms with Crippen LogP contribution in [-0.4, -0.2) is 12.1 Å². The molecule has 0 spiro atoms. The second-order valence-electron chi connectivity index (χ2n) is 6.55. The quantitative estimate of drug-likeness (QED) is 0.521. The number of rotatable bonds is 1. The van der Waals surface area contributed by atoms with Crippen LogP contribution in [0.1, 0.15) is 53.9 Å². The lowest BCUT2D eigenvalue weighted by Crippen LogP contribution is -2.20. The molecule has 0 heterocycles. The molecule has 0 aromatic rings. The zero-order valence-electron chi connectivity index (χ0n) is 12.8. The fourth-order valence-corrected chi connectivity index (χ4v) is 3.75. The van der Waals surface area contributed by atoms with Crippen LogP contribution in [0.2, 0.25) is 0 Å². The van der Waals surface area contributed by atoms with Gasteiger partial charge >= 0.3 is 5.97 Å². The molecule has 0 aliphatic heterocycles. The van der Waals surface area contributed by atoms with Gasteiger partial charge in [-0.05, 0) is 63.9 Å². The summed E-state index contributed by atoms with van der Waals surface area (Å²) in [6.45, 7) is 10.5. The third-order valence-corrected chi connectivity index (χ3v) is 4.86. The number of hydrogen-bond acceptors (Lipinski definition) is 2. The van der Waals surface area contributed by atoms with Gasteiger partial charge in [-0.2, -0.15) is 0 Å². The lowest BCUT2D eigenvalue weighted by Gasteiger charge is -2.24. The molecular formula is C17H26O2. The molecule has 2 aliphatic rings. The van der Waals surface area contributed by atoms with Gasteiger partial charge in [0.05, 0.1) is 0 Å². The van der Waals surface area contributed by atoms with Gasteiger partial charge in [0.2, 0.25) is 0 Å². The van der Waals surface area contributed by atoms with Crippen molar-refractivity contribution in [2.45, 2.75) is 60.0 Å². The van der Waals surface area contributed by atoms with Crippen molar-refractivity contribution in [1.82, 2.24) is 0 Å². The summed E-state index contributed by atoms with van der Waals surface area (Å²) in [4.78, 5) is 11.2. The first-order valence-electron chi connectivity index (χ1n) is 7.39. The maximum absolute atomic E-state index is 11.2.